The van der Waals surface area contributed by atoms with E-state index >= 15 is 0 Å². The second-order valence-corrected chi connectivity index (χ2v) is 17.0. The van der Waals surface area contributed by atoms with Crippen LogP contribution >= 0.6 is 0 Å². The van der Waals surface area contributed by atoms with E-state index in [0.29, 0.717) is 19.3 Å². The number of unbranched alkanes of at least 4 members (excludes halogenated alkanes) is 17. The predicted octanol–water partition coefficient (Wildman–Crippen LogP) is 17.5. The van der Waals surface area contributed by atoms with Crippen molar-refractivity contribution in [2.24, 2.45) is 0 Å². The number of ether oxygens (including phenoxy) is 3. The van der Waals surface area contributed by atoms with Crippen molar-refractivity contribution >= 4 is 17.9 Å². The first-order valence-electron chi connectivity index (χ1n) is 26.4. The molecule has 0 fully saturated rings. The molecule has 0 spiro atoms. The molecular weight excluding hydrogens is 805 g/mol. The average Bonchev–Trinajstić information content (AvgIpc) is 3.30. The lowest BCUT2D eigenvalue weighted by Crippen LogP contribution is -2.30. The van der Waals surface area contributed by atoms with Gasteiger partial charge in [-0.1, -0.05) is 194 Å². The Balaban J connectivity index is 4.49. The van der Waals surface area contributed by atoms with Gasteiger partial charge in [-0.05, 0) is 122 Å². The van der Waals surface area contributed by atoms with Crippen LogP contribution in [0.5, 0.6) is 0 Å². The number of carbonyl (C=O) groups excluding carboxylic acids is 3. The third-order valence-electron chi connectivity index (χ3n) is 10.7. The Bertz CT molecular complexity index is 1360. The molecule has 368 valence electrons. The van der Waals surface area contributed by atoms with Crippen LogP contribution in [0.4, 0.5) is 0 Å². The summed E-state index contributed by atoms with van der Waals surface area (Å²) < 4.78 is 16.8. The molecule has 0 bridgehead atoms. The maximum atomic E-state index is 12.8. The molecule has 0 amide bonds. The van der Waals surface area contributed by atoms with Crippen molar-refractivity contribution in [2.45, 2.75) is 232 Å². The van der Waals surface area contributed by atoms with Gasteiger partial charge in [0.25, 0.3) is 0 Å². The van der Waals surface area contributed by atoms with Crippen molar-refractivity contribution in [1.82, 2.24) is 0 Å². The highest BCUT2D eigenvalue weighted by molar-refractivity contribution is 5.71. The first-order chi connectivity index (χ1) is 32.0. The molecule has 1 atom stereocenters. The van der Waals surface area contributed by atoms with Gasteiger partial charge in [-0.3, -0.25) is 14.4 Å². The van der Waals surface area contributed by atoms with E-state index in [0.717, 1.165) is 148 Å². The van der Waals surface area contributed by atoms with Crippen molar-refractivity contribution in [2.75, 3.05) is 13.2 Å². The summed E-state index contributed by atoms with van der Waals surface area (Å²) in [6, 6.07) is 0. The molecule has 0 radical (unpaired) electrons. The largest absolute Gasteiger partial charge is 0.462 e. The van der Waals surface area contributed by atoms with E-state index in [-0.39, 0.29) is 31.1 Å². The standard InChI is InChI=1S/C59H96O6/c1-4-7-10-13-16-19-22-25-27-28-29-30-32-34-37-40-43-46-49-52-58(61)64-55-56(54-63-57(60)51-48-45-42-39-36-33-24-21-18-15-12-9-6-3)65-59(62)53-50-47-44-41-38-35-31-26-23-20-17-14-11-8-5-2/h7-8,10-11,16-17,19-21,24-27,29-31,34,37,56H,4-6,9,12-15,18,22-23,28,32-33,35-36,38-55H2,1-3H3/b10-7-,11-8-,19-16-,20-17-,24-21-,27-25-,30-29-,31-26-,37-34-/t56-/m1/s1. The first-order valence-corrected chi connectivity index (χ1v) is 26.4. The molecule has 0 aromatic heterocycles. The zero-order chi connectivity index (χ0) is 47.2. The summed E-state index contributed by atoms with van der Waals surface area (Å²) >= 11 is 0. The lowest BCUT2D eigenvalue weighted by atomic mass is 10.1. The molecule has 0 saturated heterocycles. The third-order valence-corrected chi connectivity index (χ3v) is 10.7. The predicted molar refractivity (Wildman–Crippen MR) is 279 cm³/mol. The van der Waals surface area contributed by atoms with Gasteiger partial charge in [0, 0.05) is 19.3 Å². The van der Waals surface area contributed by atoms with Gasteiger partial charge in [-0.15, -0.1) is 0 Å². The van der Waals surface area contributed by atoms with Gasteiger partial charge in [0.05, 0.1) is 0 Å². The van der Waals surface area contributed by atoms with Gasteiger partial charge < -0.3 is 14.2 Å². The fraction of sp³-hybridized carbons (Fsp3) is 0.644. The molecule has 0 rings (SSSR count). The minimum atomic E-state index is -0.806. The van der Waals surface area contributed by atoms with Gasteiger partial charge in [-0.25, -0.2) is 0 Å². The topological polar surface area (TPSA) is 78.9 Å². The van der Waals surface area contributed by atoms with Gasteiger partial charge in [0.1, 0.15) is 13.2 Å². The molecule has 0 aliphatic carbocycles. The van der Waals surface area contributed by atoms with Crippen LogP contribution in [-0.4, -0.2) is 37.2 Å². The fourth-order valence-electron chi connectivity index (χ4n) is 6.83. The Morgan fingerprint density at radius 1 is 0.323 bits per heavy atom. The SMILES string of the molecule is CC/C=C\C/C=C\C/C=C\C/C=C\C/C=C\CCCCCC(=O)OC[C@@H](COC(=O)CCCCCCC/C=C\CCCCCC)OC(=O)CCCCCCC/C=C\C/C=C\C/C=C\CC. The zero-order valence-corrected chi connectivity index (χ0v) is 42.0. The minimum absolute atomic E-state index is 0.102. The number of hydrogen-bond donors (Lipinski definition) is 0. The number of carbonyl (C=O) groups is 3. The molecule has 0 aromatic carbocycles. The number of esters is 3. The summed E-state index contributed by atoms with van der Waals surface area (Å²) in [4.78, 5) is 38.0. The smallest absolute Gasteiger partial charge is 0.306 e. The molecule has 0 aliphatic rings. The molecular formula is C59H96O6. The van der Waals surface area contributed by atoms with E-state index in [2.05, 4.69) is 130 Å². The van der Waals surface area contributed by atoms with Crippen molar-refractivity contribution < 1.29 is 28.6 Å². The lowest BCUT2D eigenvalue weighted by Gasteiger charge is -2.18. The molecule has 6 nitrogen and oxygen atoms in total. The maximum Gasteiger partial charge on any atom is 0.306 e. The van der Waals surface area contributed by atoms with Crippen molar-refractivity contribution in [1.29, 1.82) is 0 Å². The van der Waals surface area contributed by atoms with Crippen LogP contribution < -0.4 is 0 Å². The molecule has 0 aromatic rings. The summed E-state index contributed by atoms with van der Waals surface area (Å²) in [5.74, 6) is -0.965. The summed E-state index contributed by atoms with van der Waals surface area (Å²) in [6.45, 7) is 6.33. The van der Waals surface area contributed by atoms with Gasteiger partial charge >= 0.3 is 17.9 Å². The first kappa shape index (κ1) is 61.1. The normalized spacial score (nSPS) is 13.0. The summed E-state index contributed by atoms with van der Waals surface area (Å²) in [6.07, 6.45) is 70.7. The summed E-state index contributed by atoms with van der Waals surface area (Å²) in [5.41, 5.74) is 0. The van der Waals surface area contributed by atoms with E-state index in [4.69, 9.17) is 14.2 Å². The van der Waals surface area contributed by atoms with E-state index in [9.17, 15) is 14.4 Å². The molecule has 0 unspecified atom stereocenters. The Labute approximate surface area is 400 Å². The van der Waals surface area contributed by atoms with E-state index < -0.39 is 6.10 Å². The van der Waals surface area contributed by atoms with E-state index in [1.54, 1.807) is 0 Å². The summed E-state index contributed by atoms with van der Waals surface area (Å²) in [5, 5.41) is 0. The van der Waals surface area contributed by atoms with Crippen molar-refractivity contribution in [3.63, 3.8) is 0 Å². The monoisotopic (exact) mass is 901 g/mol. The third kappa shape index (κ3) is 50.9. The lowest BCUT2D eigenvalue weighted by molar-refractivity contribution is -0.167. The van der Waals surface area contributed by atoms with Crippen LogP contribution in [0, 0.1) is 0 Å². The van der Waals surface area contributed by atoms with E-state index in [1.165, 1.54) is 38.5 Å². The minimum Gasteiger partial charge on any atom is -0.462 e. The molecule has 0 heterocycles. The molecule has 0 saturated carbocycles. The Morgan fingerprint density at radius 2 is 0.600 bits per heavy atom. The highest BCUT2D eigenvalue weighted by Crippen LogP contribution is 2.13. The number of hydrogen-bond acceptors (Lipinski definition) is 6. The Hall–Kier alpha value is -3.93. The Morgan fingerprint density at radius 3 is 0.969 bits per heavy atom. The van der Waals surface area contributed by atoms with Crippen molar-refractivity contribution in [3.05, 3.63) is 109 Å². The zero-order valence-electron chi connectivity index (χ0n) is 42.0. The highest BCUT2D eigenvalue weighted by atomic mass is 16.6. The quantitative estimate of drug-likeness (QED) is 0.0262. The maximum absolute atomic E-state index is 12.8. The van der Waals surface area contributed by atoms with Gasteiger partial charge in [0.2, 0.25) is 0 Å². The molecule has 6 heteroatoms. The van der Waals surface area contributed by atoms with Gasteiger partial charge in [0.15, 0.2) is 6.10 Å². The number of rotatable bonds is 46. The van der Waals surface area contributed by atoms with Crippen LogP contribution in [0.3, 0.4) is 0 Å². The molecule has 0 aliphatic heterocycles. The highest BCUT2D eigenvalue weighted by Gasteiger charge is 2.19. The molecule has 65 heavy (non-hydrogen) atoms. The second-order valence-electron chi connectivity index (χ2n) is 17.0. The van der Waals surface area contributed by atoms with Crippen molar-refractivity contribution in [3.8, 4) is 0 Å². The average molecular weight is 901 g/mol. The van der Waals surface area contributed by atoms with Crippen LogP contribution in [-0.2, 0) is 28.6 Å². The van der Waals surface area contributed by atoms with Crippen LogP contribution in [0.25, 0.3) is 0 Å². The van der Waals surface area contributed by atoms with Crippen LogP contribution in [0.15, 0.2) is 109 Å². The van der Waals surface area contributed by atoms with Gasteiger partial charge in [-0.2, -0.15) is 0 Å². The van der Waals surface area contributed by atoms with Crippen LogP contribution in [0.2, 0.25) is 0 Å². The second kappa shape index (κ2) is 52.7. The van der Waals surface area contributed by atoms with E-state index in [1.807, 2.05) is 0 Å². The van der Waals surface area contributed by atoms with Crippen LogP contribution in [0.1, 0.15) is 226 Å². The molecule has 0 N–H and O–H groups in total. The number of allylic oxidation sites excluding steroid dienone is 18. The summed E-state index contributed by atoms with van der Waals surface area (Å²) in [7, 11) is 0. The fourth-order valence-corrected chi connectivity index (χ4v) is 6.83. The Kier molecular flexibility index (Phi) is 49.5.